The highest BCUT2D eigenvalue weighted by atomic mass is 16.5. The van der Waals surface area contributed by atoms with E-state index in [9.17, 15) is 5.11 Å². The Morgan fingerprint density at radius 2 is 1.07 bits per heavy atom. The van der Waals surface area contributed by atoms with Crippen LogP contribution in [0.5, 0.6) is 0 Å². The molecule has 46 heavy (non-hydrogen) atoms. The number of piperidine rings is 1. The molecule has 5 rings (SSSR count). The highest BCUT2D eigenvalue weighted by molar-refractivity contribution is 4.86. The van der Waals surface area contributed by atoms with Crippen LogP contribution in [0, 0.1) is 57.7 Å². The SMILES string of the molecule is CC(C)(C)C1CNC1.CC(C)(C)C1COCC1O.CC(C)C1CCN(C)CC1.CC(C)C1CCOCC1.CN1CC(C(C)(C)C)C1. The van der Waals surface area contributed by atoms with Crippen LogP contribution >= 0.6 is 0 Å². The molecular formula is C40H83N3O3. The Bertz CT molecular complexity index is 756. The van der Waals surface area contributed by atoms with E-state index in [0.29, 0.717) is 30.0 Å². The number of aliphatic hydroxyl groups is 1. The van der Waals surface area contributed by atoms with Gasteiger partial charge in [0.05, 0.1) is 19.3 Å². The molecule has 5 saturated heterocycles. The fourth-order valence-electron chi connectivity index (χ4n) is 6.60. The van der Waals surface area contributed by atoms with E-state index in [1.807, 2.05) is 0 Å². The van der Waals surface area contributed by atoms with Gasteiger partial charge in [-0.05, 0) is 118 Å². The van der Waals surface area contributed by atoms with Gasteiger partial charge in [-0.1, -0.05) is 90.0 Å². The molecule has 0 aromatic rings. The first-order chi connectivity index (χ1) is 21.1. The third-order valence-electron chi connectivity index (χ3n) is 11.4. The highest BCUT2D eigenvalue weighted by Gasteiger charge is 2.36. The molecule has 0 bridgehead atoms. The molecule has 0 aromatic carbocycles. The molecule has 0 radical (unpaired) electrons. The van der Waals surface area contributed by atoms with Crippen LogP contribution in [0.3, 0.4) is 0 Å². The Hall–Kier alpha value is -0.240. The Balaban J connectivity index is 0.000000288. The summed E-state index contributed by atoms with van der Waals surface area (Å²) in [6.45, 7) is 40.4. The van der Waals surface area contributed by atoms with Crippen LogP contribution in [0.25, 0.3) is 0 Å². The van der Waals surface area contributed by atoms with Crippen LogP contribution in [0.4, 0.5) is 0 Å². The maximum atomic E-state index is 9.40. The summed E-state index contributed by atoms with van der Waals surface area (Å²) in [7, 11) is 4.40. The van der Waals surface area contributed by atoms with Gasteiger partial charge in [-0.15, -0.1) is 0 Å². The van der Waals surface area contributed by atoms with Crippen molar-refractivity contribution in [3.8, 4) is 0 Å². The van der Waals surface area contributed by atoms with Gasteiger partial charge in [-0.25, -0.2) is 0 Å². The fraction of sp³-hybridized carbons (Fsp3) is 1.00. The first-order valence-electron chi connectivity index (χ1n) is 19.0. The average Bonchev–Trinajstić information content (AvgIpc) is 3.33. The van der Waals surface area contributed by atoms with Gasteiger partial charge >= 0.3 is 0 Å². The molecule has 5 aliphatic heterocycles. The van der Waals surface area contributed by atoms with Gasteiger partial charge in [0, 0.05) is 32.2 Å². The summed E-state index contributed by atoms with van der Waals surface area (Å²) in [6, 6.07) is 0. The molecule has 5 heterocycles. The van der Waals surface area contributed by atoms with Crippen molar-refractivity contribution in [2.24, 2.45) is 57.7 Å². The minimum Gasteiger partial charge on any atom is -0.390 e. The number of ether oxygens (including phenoxy) is 2. The number of hydrogen-bond acceptors (Lipinski definition) is 6. The van der Waals surface area contributed by atoms with Crippen molar-refractivity contribution in [2.45, 2.75) is 122 Å². The van der Waals surface area contributed by atoms with Gasteiger partial charge < -0.3 is 29.7 Å². The molecular weight excluding hydrogens is 570 g/mol. The normalized spacial score (nSPS) is 26.0. The molecule has 0 spiro atoms. The van der Waals surface area contributed by atoms with Crippen LogP contribution in [-0.4, -0.2) is 101 Å². The van der Waals surface area contributed by atoms with E-state index in [0.717, 1.165) is 48.7 Å². The zero-order chi connectivity index (χ0) is 35.3. The summed E-state index contributed by atoms with van der Waals surface area (Å²) in [5.74, 6) is 5.84. The predicted octanol–water partition coefficient (Wildman–Crippen LogP) is 7.94. The number of nitrogens with one attached hydrogen (secondary N) is 1. The molecule has 6 heteroatoms. The van der Waals surface area contributed by atoms with Gasteiger partial charge in [0.1, 0.15) is 0 Å². The molecule has 0 saturated carbocycles. The van der Waals surface area contributed by atoms with Crippen LogP contribution in [0.15, 0.2) is 0 Å². The second-order valence-corrected chi connectivity index (χ2v) is 19.2. The molecule has 0 amide bonds. The number of hydrogen-bond donors (Lipinski definition) is 2. The Morgan fingerprint density at radius 1 is 0.609 bits per heavy atom. The largest absolute Gasteiger partial charge is 0.390 e. The minimum atomic E-state index is -0.250. The lowest BCUT2D eigenvalue weighted by molar-refractivity contribution is 0.0459. The Kier molecular flexibility index (Phi) is 19.5. The van der Waals surface area contributed by atoms with E-state index >= 15 is 0 Å². The van der Waals surface area contributed by atoms with Crippen molar-refractivity contribution in [3.63, 3.8) is 0 Å². The van der Waals surface area contributed by atoms with Crippen molar-refractivity contribution < 1.29 is 14.6 Å². The number of aliphatic hydroxyl groups excluding tert-OH is 1. The van der Waals surface area contributed by atoms with Crippen molar-refractivity contribution in [1.29, 1.82) is 0 Å². The zero-order valence-electron chi connectivity index (χ0n) is 33.7. The third-order valence-corrected chi connectivity index (χ3v) is 11.4. The number of nitrogens with zero attached hydrogens (tertiary/aromatic N) is 2. The summed E-state index contributed by atoms with van der Waals surface area (Å²) in [4.78, 5) is 4.80. The van der Waals surface area contributed by atoms with E-state index in [1.165, 1.54) is 65.0 Å². The highest BCUT2D eigenvalue weighted by Crippen LogP contribution is 2.33. The Labute approximate surface area is 288 Å². The lowest BCUT2D eigenvalue weighted by atomic mass is 9.76. The van der Waals surface area contributed by atoms with E-state index < -0.39 is 0 Å². The van der Waals surface area contributed by atoms with Crippen LogP contribution in [0.2, 0.25) is 0 Å². The monoisotopic (exact) mass is 654 g/mol. The molecule has 2 atom stereocenters. The van der Waals surface area contributed by atoms with Gasteiger partial charge in [0.2, 0.25) is 0 Å². The van der Waals surface area contributed by atoms with Crippen LogP contribution < -0.4 is 5.32 Å². The van der Waals surface area contributed by atoms with Gasteiger partial charge in [-0.2, -0.15) is 0 Å². The van der Waals surface area contributed by atoms with Gasteiger partial charge in [0.25, 0.3) is 0 Å². The first-order valence-corrected chi connectivity index (χ1v) is 19.0. The van der Waals surface area contributed by atoms with Gasteiger partial charge in [-0.3, -0.25) is 0 Å². The molecule has 2 N–H and O–H groups in total. The minimum absolute atomic E-state index is 0.177. The molecule has 0 aromatic heterocycles. The maximum absolute atomic E-state index is 9.40. The fourth-order valence-corrected chi connectivity index (χ4v) is 6.60. The summed E-state index contributed by atoms with van der Waals surface area (Å²) in [5.41, 5.74) is 1.24. The zero-order valence-corrected chi connectivity index (χ0v) is 33.7. The lowest BCUT2D eigenvalue weighted by Gasteiger charge is -2.44. The second kappa shape index (κ2) is 20.4. The van der Waals surface area contributed by atoms with E-state index in [1.54, 1.807) is 0 Å². The summed E-state index contributed by atoms with van der Waals surface area (Å²) in [5, 5.41) is 12.7. The maximum Gasteiger partial charge on any atom is 0.0828 e. The lowest BCUT2D eigenvalue weighted by Crippen LogP contribution is -2.49. The summed E-state index contributed by atoms with van der Waals surface area (Å²) in [6.07, 6.45) is 5.12. The van der Waals surface area contributed by atoms with Crippen molar-refractivity contribution in [2.75, 3.05) is 79.8 Å². The standard InChI is InChI=1S/C9H19N.C8H17N.C8H16O2.C8H16O.C7H15N/c1-8(2)9-4-6-10(3)7-5-9;1-8(2,3)7-5-9(4)6-7;1-8(2,3)6-4-10-5-7(6)9;1-7(2)8-3-5-9-6-4-8;1-7(2,3)6-4-8-5-6/h8-9H,4-7H2,1-3H3;7H,5-6H2,1-4H3;6-7,9H,4-5H2,1-3H3;7-8H,3-6H2,1-2H3;6,8H,4-5H2,1-3H3. The van der Waals surface area contributed by atoms with Crippen LogP contribution in [0.1, 0.15) is 116 Å². The quantitative estimate of drug-likeness (QED) is 0.316. The number of rotatable bonds is 2. The van der Waals surface area contributed by atoms with E-state index in [-0.39, 0.29) is 11.5 Å². The summed E-state index contributed by atoms with van der Waals surface area (Å²) >= 11 is 0. The van der Waals surface area contributed by atoms with E-state index in [2.05, 4.69) is 119 Å². The van der Waals surface area contributed by atoms with Crippen LogP contribution in [-0.2, 0) is 9.47 Å². The molecule has 276 valence electrons. The predicted molar refractivity (Wildman–Crippen MR) is 199 cm³/mol. The van der Waals surface area contributed by atoms with Crippen molar-refractivity contribution >= 4 is 0 Å². The van der Waals surface area contributed by atoms with E-state index in [4.69, 9.17) is 9.47 Å². The Morgan fingerprint density at radius 3 is 1.28 bits per heavy atom. The molecule has 6 nitrogen and oxygen atoms in total. The van der Waals surface area contributed by atoms with Gasteiger partial charge in [0.15, 0.2) is 0 Å². The van der Waals surface area contributed by atoms with Crippen molar-refractivity contribution in [1.82, 2.24) is 15.1 Å². The smallest absolute Gasteiger partial charge is 0.0828 e. The molecule has 5 aliphatic rings. The molecule has 5 fully saturated rings. The molecule has 2 unspecified atom stereocenters. The third kappa shape index (κ3) is 17.4. The molecule has 0 aliphatic carbocycles. The average molecular weight is 654 g/mol. The summed E-state index contributed by atoms with van der Waals surface area (Å²) < 4.78 is 10.4. The number of likely N-dealkylation sites (tertiary alicyclic amines) is 2. The topological polar surface area (TPSA) is 57.2 Å². The van der Waals surface area contributed by atoms with Crippen molar-refractivity contribution in [3.05, 3.63) is 0 Å². The first kappa shape index (κ1) is 43.8. The second-order valence-electron chi connectivity index (χ2n) is 19.2.